The Kier molecular flexibility index (Phi) is 4.59. The standard InChI is InChI=1S/C23H30N2O3S/c1-22(2,3)20(21(26)25-13-17-18(14-25)23(17,4)5)24-29(27,28)19-12-8-10-15-9-6-7-11-16(15)19/h6-12,17-18,20,24H,13-14H2,1-5H3/t17-,18+,20-/m1/s1. The second kappa shape index (κ2) is 6.54. The zero-order valence-corrected chi connectivity index (χ0v) is 18.6. The lowest BCUT2D eigenvalue weighted by atomic mass is 9.86. The lowest BCUT2D eigenvalue weighted by molar-refractivity contribution is -0.135. The average Bonchev–Trinajstić information content (AvgIpc) is 3.00. The van der Waals surface area contributed by atoms with Gasteiger partial charge in [-0.25, -0.2) is 8.42 Å². The van der Waals surface area contributed by atoms with Gasteiger partial charge in [-0.05, 0) is 34.1 Å². The summed E-state index contributed by atoms with van der Waals surface area (Å²) in [5.41, 5.74) is -0.243. The van der Waals surface area contributed by atoms with Crippen molar-refractivity contribution >= 4 is 26.7 Å². The highest BCUT2D eigenvalue weighted by Crippen LogP contribution is 2.62. The zero-order chi connectivity index (χ0) is 21.2. The van der Waals surface area contributed by atoms with Crippen LogP contribution in [0.25, 0.3) is 10.8 Å². The molecule has 2 fully saturated rings. The molecular weight excluding hydrogens is 384 g/mol. The summed E-state index contributed by atoms with van der Waals surface area (Å²) in [7, 11) is -3.87. The molecule has 1 amide bonds. The van der Waals surface area contributed by atoms with Crippen LogP contribution in [0.4, 0.5) is 0 Å². The van der Waals surface area contributed by atoms with Gasteiger partial charge in [0, 0.05) is 18.5 Å². The van der Waals surface area contributed by atoms with E-state index in [1.807, 2.05) is 49.9 Å². The van der Waals surface area contributed by atoms with Crippen LogP contribution in [0.15, 0.2) is 47.4 Å². The first kappa shape index (κ1) is 20.4. The molecule has 0 radical (unpaired) electrons. The Hall–Kier alpha value is -1.92. The summed E-state index contributed by atoms with van der Waals surface area (Å²) in [4.78, 5) is 15.4. The summed E-state index contributed by atoms with van der Waals surface area (Å²) in [5, 5.41) is 1.52. The number of hydrogen-bond acceptors (Lipinski definition) is 3. The van der Waals surface area contributed by atoms with Gasteiger partial charge < -0.3 is 4.90 Å². The van der Waals surface area contributed by atoms with Crippen molar-refractivity contribution in [2.75, 3.05) is 13.1 Å². The summed E-state index contributed by atoms with van der Waals surface area (Å²) in [6.45, 7) is 11.6. The largest absolute Gasteiger partial charge is 0.341 e. The number of benzene rings is 2. The van der Waals surface area contributed by atoms with Crippen molar-refractivity contribution < 1.29 is 13.2 Å². The normalized spacial score (nSPS) is 24.4. The van der Waals surface area contributed by atoms with Crippen molar-refractivity contribution in [1.82, 2.24) is 9.62 Å². The predicted molar refractivity (Wildman–Crippen MR) is 115 cm³/mol. The Morgan fingerprint density at radius 3 is 2.28 bits per heavy atom. The zero-order valence-electron chi connectivity index (χ0n) is 17.8. The monoisotopic (exact) mass is 414 g/mol. The third-order valence-electron chi connectivity index (χ3n) is 6.86. The number of likely N-dealkylation sites (tertiary alicyclic amines) is 1. The first-order valence-electron chi connectivity index (χ1n) is 10.2. The van der Waals surface area contributed by atoms with Crippen LogP contribution in [-0.2, 0) is 14.8 Å². The molecule has 0 unspecified atom stereocenters. The number of fused-ring (bicyclic) bond motifs is 2. The molecule has 1 aliphatic carbocycles. The fraction of sp³-hybridized carbons (Fsp3) is 0.522. The fourth-order valence-electron chi connectivity index (χ4n) is 4.74. The number of hydrogen-bond donors (Lipinski definition) is 1. The lowest BCUT2D eigenvalue weighted by Crippen LogP contribution is -2.54. The molecule has 6 heteroatoms. The maximum Gasteiger partial charge on any atom is 0.241 e. The number of carbonyl (C=O) groups is 1. The quantitative estimate of drug-likeness (QED) is 0.830. The lowest BCUT2D eigenvalue weighted by Gasteiger charge is -2.34. The molecule has 156 valence electrons. The minimum Gasteiger partial charge on any atom is -0.341 e. The molecule has 1 heterocycles. The molecule has 1 aliphatic heterocycles. The topological polar surface area (TPSA) is 66.5 Å². The molecule has 2 aromatic carbocycles. The van der Waals surface area contributed by atoms with E-state index in [4.69, 9.17) is 0 Å². The molecule has 1 saturated heterocycles. The van der Waals surface area contributed by atoms with Gasteiger partial charge in [-0.2, -0.15) is 4.72 Å². The molecule has 0 bridgehead atoms. The van der Waals surface area contributed by atoms with Crippen LogP contribution in [0.3, 0.4) is 0 Å². The summed E-state index contributed by atoms with van der Waals surface area (Å²) >= 11 is 0. The smallest absolute Gasteiger partial charge is 0.241 e. The van der Waals surface area contributed by atoms with Crippen LogP contribution in [0.1, 0.15) is 34.6 Å². The fourth-order valence-corrected chi connectivity index (χ4v) is 6.37. The van der Waals surface area contributed by atoms with Gasteiger partial charge >= 0.3 is 0 Å². The van der Waals surface area contributed by atoms with E-state index in [2.05, 4.69) is 18.6 Å². The number of nitrogens with one attached hydrogen (secondary N) is 1. The summed E-state index contributed by atoms with van der Waals surface area (Å²) in [5.74, 6) is 0.938. The van der Waals surface area contributed by atoms with Crippen LogP contribution >= 0.6 is 0 Å². The van der Waals surface area contributed by atoms with Crippen molar-refractivity contribution in [3.8, 4) is 0 Å². The van der Waals surface area contributed by atoms with E-state index in [1.54, 1.807) is 18.2 Å². The van der Waals surface area contributed by atoms with Gasteiger partial charge in [0.15, 0.2) is 0 Å². The van der Waals surface area contributed by atoms with Gasteiger partial charge in [-0.1, -0.05) is 71.0 Å². The molecule has 1 N–H and O–H groups in total. The van der Waals surface area contributed by atoms with E-state index in [0.29, 0.717) is 22.6 Å². The van der Waals surface area contributed by atoms with Gasteiger partial charge in [0.05, 0.1) is 4.90 Å². The molecule has 5 nitrogen and oxygen atoms in total. The average molecular weight is 415 g/mol. The van der Waals surface area contributed by atoms with Crippen LogP contribution in [0.5, 0.6) is 0 Å². The third kappa shape index (κ3) is 3.46. The van der Waals surface area contributed by atoms with Gasteiger partial charge in [0.2, 0.25) is 15.9 Å². The van der Waals surface area contributed by atoms with E-state index in [9.17, 15) is 13.2 Å². The molecule has 3 atom stereocenters. The maximum atomic E-state index is 13.3. The molecule has 29 heavy (non-hydrogen) atoms. The number of carbonyl (C=O) groups excluding carboxylic acids is 1. The van der Waals surface area contributed by atoms with E-state index >= 15 is 0 Å². The number of amides is 1. The van der Waals surface area contributed by atoms with E-state index in [-0.39, 0.29) is 10.8 Å². The number of nitrogens with zero attached hydrogens (tertiary/aromatic N) is 1. The van der Waals surface area contributed by atoms with Crippen molar-refractivity contribution in [1.29, 1.82) is 0 Å². The third-order valence-corrected chi connectivity index (χ3v) is 8.34. The predicted octanol–water partition coefficient (Wildman–Crippen LogP) is 3.65. The summed E-state index contributed by atoms with van der Waals surface area (Å²) < 4.78 is 29.4. The van der Waals surface area contributed by atoms with Gasteiger partial charge in [0.25, 0.3) is 0 Å². The Morgan fingerprint density at radius 1 is 1.07 bits per heavy atom. The van der Waals surface area contributed by atoms with E-state index < -0.39 is 21.5 Å². The van der Waals surface area contributed by atoms with Crippen molar-refractivity contribution in [2.45, 2.75) is 45.6 Å². The maximum absolute atomic E-state index is 13.3. The molecule has 1 saturated carbocycles. The van der Waals surface area contributed by atoms with Crippen LogP contribution in [0, 0.1) is 22.7 Å². The molecule has 2 aromatic rings. The summed E-state index contributed by atoms with van der Waals surface area (Å²) in [6.07, 6.45) is 0. The Morgan fingerprint density at radius 2 is 1.66 bits per heavy atom. The van der Waals surface area contributed by atoms with Gasteiger partial charge in [-0.3, -0.25) is 4.79 Å². The highest BCUT2D eigenvalue weighted by Gasteiger charge is 2.63. The van der Waals surface area contributed by atoms with E-state index in [1.165, 1.54) is 0 Å². The second-order valence-electron chi connectivity index (χ2n) is 10.2. The molecule has 2 aliphatic rings. The minimum atomic E-state index is -3.87. The molecular formula is C23H30N2O3S. The van der Waals surface area contributed by atoms with E-state index in [0.717, 1.165) is 18.5 Å². The molecule has 0 spiro atoms. The van der Waals surface area contributed by atoms with Crippen molar-refractivity contribution in [3.63, 3.8) is 0 Å². The summed E-state index contributed by atoms with van der Waals surface area (Å²) in [6, 6.07) is 11.8. The molecule has 0 aromatic heterocycles. The van der Waals surface area contributed by atoms with Gasteiger partial charge in [-0.15, -0.1) is 0 Å². The van der Waals surface area contributed by atoms with Crippen molar-refractivity contribution in [3.05, 3.63) is 42.5 Å². The Bertz CT molecular complexity index is 1050. The van der Waals surface area contributed by atoms with Crippen LogP contribution < -0.4 is 4.72 Å². The first-order valence-corrected chi connectivity index (χ1v) is 11.7. The second-order valence-corrected chi connectivity index (χ2v) is 11.9. The SMILES string of the molecule is CC(C)(C)[C@H](NS(=O)(=O)c1cccc2ccccc12)C(=O)N1C[C@@H]2[C@H](C1)C2(C)C. The van der Waals surface area contributed by atoms with Crippen LogP contribution in [0.2, 0.25) is 0 Å². The minimum absolute atomic E-state index is 0.121. The molecule has 4 rings (SSSR count). The highest BCUT2D eigenvalue weighted by atomic mass is 32.2. The highest BCUT2D eigenvalue weighted by molar-refractivity contribution is 7.89. The number of sulfonamides is 1. The Labute approximate surface area is 173 Å². The number of rotatable bonds is 4. The van der Waals surface area contributed by atoms with Crippen LogP contribution in [-0.4, -0.2) is 38.4 Å². The first-order chi connectivity index (χ1) is 13.4. The Balaban J connectivity index is 1.62. The van der Waals surface area contributed by atoms with Gasteiger partial charge in [0.1, 0.15) is 6.04 Å². The van der Waals surface area contributed by atoms with Crippen molar-refractivity contribution in [2.24, 2.45) is 22.7 Å². The number of piperidine rings is 1.